The Bertz CT molecular complexity index is 733. The van der Waals surface area contributed by atoms with Crippen molar-refractivity contribution < 1.29 is 23.0 Å². The minimum absolute atomic E-state index is 0.0128. The number of benzene rings is 1. The molecule has 1 aromatic heterocycles. The third kappa shape index (κ3) is 5.21. The number of nitrogens with zero attached hydrogens (tertiary/aromatic N) is 2. The van der Waals surface area contributed by atoms with E-state index in [0.29, 0.717) is 11.3 Å². The lowest BCUT2D eigenvalue weighted by Crippen LogP contribution is -2.13. The van der Waals surface area contributed by atoms with Gasteiger partial charge in [-0.3, -0.25) is 0 Å². The molecule has 0 atom stereocenters. The van der Waals surface area contributed by atoms with Crippen LogP contribution in [0.15, 0.2) is 47.6 Å². The SMILES string of the molecule is N#Cc1ccc(OCCOC(=O)c2cccnc2SC(F)F)cc1. The highest BCUT2D eigenvalue weighted by Crippen LogP contribution is 2.26. The molecule has 0 saturated heterocycles. The maximum absolute atomic E-state index is 12.4. The Labute approximate surface area is 141 Å². The van der Waals surface area contributed by atoms with E-state index in [1.54, 1.807) is 24.3 Å². The van der Waals surface area contributed by atoms with Gasteiger partial charge in [-0.05, 0) is 48.2 Å². The highest BCUT2D eigenvalue weighted by molar-refractivity contribution is 7.99. The Morgan fingerprint density at radius 3 is 2.67 bits per heavy atom. The van der Waals surface area contributed by atoms with Crippen molar-refractivity contribution in [3.63, 3.8) is 0 Å². The van der Waals surface area contributed by atoms with Gasteiger partial charge >= 0.3 is 5.97 Å². The second kappa shape index (κ2) is 8.84. The van der Waals surface area contributed by atoms with E-state index in [4.69, 9.17) is 14.7 Å². The zero-order chi connectivity index (χ0) is 17.4. The normalized spacial score (nSPS) is 10.2. The minimum Gasteiger partial charge on any atom is -0.490 e. The van der Waals surface area contributed by atoms with Gasteiger partial charge in [-0.2, -0.15) is 14.0 Å². The van der Waals surface area contributed by atoms with E-state index in [-0.39, 0.29) is 35.6 Å². The predicted octanol–water partition coefficient (Wildman–Crippen LogP) is 3.50. The first-order valence-corrected chi connectivity index (χ1v) is 7.68. The quantitative estimate of drug-likeness (QED) is 0.432. The lowest BCUT2D eigenvalue weighted by atomic mass is 10.2. The van der Waals surface area contributed by atoms with E-state index in [9.17, 15) is 13.6 Å². The molecule has 0 aliphatic rings. The standard InChI is InChI=1S/C16H12F2N2O3S/c17-16(18)24-14-13(2-1-7-20-14)15(21)23-9-8-22-12-5-3-11(10-19)4-6-12/h1-7,16H,8-9H2. The van der Waals surface area contributed by atoms with Crippen LogP contribution in [-0.4, -0.2) is 29.9 Å². The molecular formula is C16H12F2N2O3S. The lowest BCUT2D eigenvalue weighted by Gasteiger charge is -2.09. The molecule has 0 radical (unpaired) electrons. The van der Waals surface area contributed by atoms with Gasteiger partial charge < -0.3 is 9.47 Å². The number of carbonyl (C=O) groups excluding carboxylic acids is 1. The number of thioether (sulfide) groups is 1. The van der Waals surface area contributed by atoms with Crippen LogP contribution in [0.1, 0.15) is 15.9 Å². The number of alkyl halides is 2. The van der Waals surface area contributed by atoms with Gasteiger partial charge in [0.15, 0.2) is 0 Å². The summed E-state index contributed by atoms with van der Waals surface area (Å²) in [5, 5.41) is 8.61. The second-order valence-corrected chi connectivity index (χ2v) is 5.33. The van der Waals surface area contributed by atoms with E-state index < -0.39 is 11.7 Å². The van der Waals surface area contributed by atoms with E-state index in [1.807, 2.05) is 6.07 Å². The zero-order valence-corrected chi connectivity index (χ0v) is 13.1. The molecule has 124 valence electrons. The number of hydrogen-bond donors (Lipinski definition) is 0. The minimum atomic E-state index is -2.67. The van der Waals surface area contributed by atoms with Gasteiger partial charge in [-0.1, -0.05) is 0 Å². The number of carbonyl (C=O) groups is 1. The zero-order valence-electron chi connectivity index (χ0n) is 12.3. The van der Waals surface area contributed by atoms with Gasteiger partial charge in [0, 0.05) is 6.20 Å². The molecule has 2 aromatic rings. The van der Waals surface area contributed by atoms with Gasteiger partial charge in [0.25, 0.3) is 5.76 Å². The molecule has 0 aliphatic carbocycles. The Kier molecular flexibility index (Phi) is 6.51. The van der Waals surface area contributed by atoms with Crippen molar-refractivity contribution in [1.29, 1.82) is 5.26 Å². The number of hydrogen-bond acceptors (Lipinski definition) is 6. The molecule has 0 unspecified atom stereocenters. The topological polar surface area (TPSA) is 72.2 Å². The summed E-state index contributed by atoms with van der Waals surface area (Å²) >= 11 is 0.190. The number of pyridine rings is 1. The Morgan fingerprint density at radius 1 is 1.25 bits per heavy atom. The molecule has 0 amide bonds. The van der Waals surface area contributed by atoms with Crippen molar-refractivity contribution in [2.24, 2.45) is 0 Å². The molecule has 2 rings (SSSR count). The van der Waals surface area contributed by atoms with E-state index in [0.717, 1.165) is 0 Å². The summed E-state index contributed by atoms with van der Waals surface area (Å²) < 4.78 is 35.2. The highest BCUT2D eigenvalue weighted by Gasteiger charge is 2.17. The third-order valence-electron chi connectivity index (χ3n) is 2.76. The van der Waals surface area contributed by atoms with Crippen LogP contribution in [0.5, 0.6) is 5.75 Å². The maximum atomic E-state index is 12.4. The molecule has 24 heavy (non-hydrogen) atoms. The van der Waals surface area contributed by atoms with Crippen LogP contribution in [0, 0.1) is 11.3 Å². The second-order valence-electron chi connectivity index (χ2n) is 4.36. The summed E-state index contributed by atoms with van der Waals surface area (Å²) in [4.78, 5) is 15.7. The summed E-state index contributed by atoms with van der Waals surface area (Å²) in [7, 11) is 0. The van der Waals surface area contributed by atoms with Crippen LogP contribution in [-0.2, 0) is 4.74 Å². The summed E-state index contributed by atoms with van der Waals surface area (Å²) in [5.41, 5.74) is 0.496. The largest absolute Gasteiger partial charge is 0.490 e. The molecule has 0 fully saturated rings. The maximum Gasteiger partial charge on any atom is 0.341 e. The summed E-state index contributed by atoms with van der Waals surface area (Å²) in [6.07, 6.45) is 1.33. The van der Waals surface area contributed by atoms with Crippen molar-refractivity contribution in [3.05, 3.63) is 53.7 Å². The lowest BCUT2D eigenvalue weighted by molar-refractivity contribution is 0.0445. The first-order chi connectivity index (χ1) is 11.6. The number of esters is 1. The number of halogens is 2. The number of aromatic nitrogens is 1. The number of rotatable bonds is 7. The smallest absolute Gasteiger partial charge is 0.341 e. The predicted molar refractivity (Wildman–Crippen MR) is 83.0 cm³/mol. The molecule has 5 nitrogen and oxygen atoms in total. The Morgan fingerprint density at radius 2 is 2.00 bits per heavy atom. The van der Waals surface area contributed by atoms with Crippen molar-refractivity contribution in [2.45, 2.75) is 10.8 Å². The van der Waals surface area contributed by atoms with E-state index in [2.05, 4.69) is 4.98 Å². The summed E-state index contributed by atoms with van der Waals surface area (Å²) in [6.45, 7) is 0.0434. The van der Waals surface area contributed by atoms with E-state index in [1.165, 1.54) is 18.3 Å². The molecule has 0 N–H and O–H groups in total. The van der Waals surface area contributed by atoms with Crippen molar-refractivity contribution in [3.8, 4) is 11.8 Å². The molecule has 0 saturated carbocycles. The molecule has 0 spiro atoms. The third-order valence-corrected chi connectivity index (χ3v) is 3.49. The first kappa shape index (κ1) is 17.7. The average molecular weight is 350 g/mol. The van der Waals surface area contributed by atoms with Gasteiger partial charge in [0.1, 0.15) is 24.0 Å². The monoisotopic (exact) mass is 350 g/mol. The number of ether oxygens (including phenoxy) is 2. The molecule has 8 heteroatoms. The molecule has 1 aromatic carbocycles. The molecule has 1 heterocycles. The van der Waals surface area contributed by atoms with Crippen molar-refractivity contribution in [1.82, 2.24) is 4.98 Å². The van der Waals surface area contributed by atoms with Gasteiger partial charge in [0.2, 0.25) is 0 Å². The van der Waals surface area contributed by atoms with Crippen LogP contribution < -0.4 is 4.74 Å². The Balaban J connectivity index is 1.84. The first-order valence-electron chi connectivity index (χ1n) is 6.80. The fraction of sp³-hybridized carbons (Fsp3) is 0.188. The molecule has 0 bridgehead atoms. The fourth-order valence-electron chi connectivity index (χ4n) is 1.72. The summed E-state index contributed by atoms with van der Waals surface area (Å²) in [6, 6.07) is 11.3. The van der Waals surface area contributed by atoms with Gasteiger partial charge in [-0.15, -0.1) is 0 Å². The number of nitriles is 1. The van der Waals surface area contributed by atoms with Crippen LogP contribution in [0.4, 0.5) is 8.78 Å². The van der Waals surface area contributed by atoms with Crippen LogP contribution in [0.2, 0.25) is 0 Å². The molecular weight excluding hydrogens is 338 g/mol. The van der Waals surface area contributed by atoms with Crippen LogP contribution in [0.25, 0.3) is 0 Å². The fourth-order valence-corrected chi connectivity index (χ4v) is 2.29. The highest BCUT2D eigenvalue weighted by atomic mass is 32.2. The average Bonchev–Trinajstić information content (AvgIpc) is 2.59. The molecule has 0 aliphatic heterocycles. The summed E-state index contributed by atoms with van der Waals surface area (Å²) in [5.74, 6) is -2.89. The van der Waals surface area contributed by atoms with Gasteiger partial charge in [0.05, 0.1) is 17.2 Å². The Hall–Kier alpha value is -2.66. The van der Waals surface area contributed by atoms with Crippen molar-refractivity contribution in [2.75, 3.05) is 13.2 Å². The van der Waals surface area contributed by atoms with E-state index >= 15 is 0 Å². The van der Waals surface area contributed by atoms with Crippen LogP contribution in [0.3, 0.4) is 0 Å². The van der Waals surface area contributed by atoms with Crippen molar-refractivity contribution >= 4 is 17.7 Å². The van der Waals surface area contributed by atoms with Crippen LogP contribution >= 0.6 is 11.8 Å². The van der Waals surface area contributed by atoms with Gasteiger partial charge in [-0.25, -0.2) is 9.78 Å².